The Balaban J connectivity index is 1.56. The van der Waals surface area contributed by atoms with Gasteiger partial charge in [0.25, 0.3) is 5.22 Å². The molecule has 12 heteroatoms. The van der Waals surface area contributed by atoms with Gasteiger partial charge in [-0.05, 0) is 36.4 Å². The zero-order valence-corrected chi connectivity index (χ0v) is 17.7. The Labute approximate surface area is 188 Å². The van der Waals surface area contributed by atoms with Gasteiger partial charge in [0, 0.05) is 10.6 Å². The number of aromatic nitrogens is 2. The Morgan fingerprint density at radius 2 is 1.91 bits per heavy atom. The van der Waals surface area contributed by atoms with E-state index in [0.717, 1.165) is 11.8 Å². The first-order valence-electron chi connectivity index (χ1n) is 9.22. The quantitative estimate of drug-likeness (QED) is 0.538. The maximum atomic E-state index is 13.8. The van der Waals surface area contributed by atoms with Crippen molar-refractivity contribution in [2.45, 2.75) is 23.9 Å². The average Bonchev–Trinajstić information content (AvgIpc) is 3.15. The van der Waals surface area contributed by atoms with Gasteiger partial charge in [0.05, 0.1) is 23.5 Å². The lowest BCUT2D eigenvalue weighted by Gasteiger charge is -2.31. The Hall–Kier alpha value is -3.05. The molecule has 166 valence electrons. The summed E-state index contributed by atoms with van der Waals surface area (Å²) in [5, 5.41) is 10.7. The Morgan fingerprint density at radius 3 is 2.62 bits per heavy atom. The molecule has 0 aliphatic carbocycles. The molecule has 2 aromatic carbocycles. The van der Waals surface area contributed by atoms with Crippen molar-refractivity contribution in [1.82, 2.24) is 10.2 Å². The second kappa shape index (κ2) is 8.83. The highest BCUT2D eigenvalue weighted by Gasteiger charge is 2.48. The highest BCUT2D eigenvalue weighted by Crippen LogP contribution is 2.38. The van der Waals surface area contributed by atoms with E-state index in [-0.39, 0.29) is 22.5 Å². The molecule has 0 spiro atoms. The molecule has 0 radical (unpaired) electrons. The van der Waals surface area contributed by atoms with Gasteiger partial charge in [-0.1, -0.05) is 35.5 Å². The summed E-state index contributed by atoms with van der Waals surface area (Å²) in [4.78, 5) is 25.5. The summed E-state index contributed by atoms with van der Waals surface area (Å²) in [7, 11) is 0. The van der Waals surface area contributed by atoms with Gasteiger partial charge in [-0.25, -0.2) is 0 Å². The van der Waals surface area contributed by atoms with Crippen molar-refractivity contribution in [2.75, 3.05) is 16.0 Å². The van der Waals surface area contributed by atoms with Gasteiger partial charge in [0.15, 0.2) is 0 Å². The lowest BCUT2D eigenvalue weighted by molar-refractivity contribution is -0.157. The van der Waals surface area contributed by atoms with Crippen LogP contribution in [-0.2, 0) is 9.59 Å². The van der Waals surface area contributed by atoms with Crippen LogP contribution in [0.1, 0.15) is 6.42 Å². The molecule has 0 bridgehead atoms. The van der Waals surface area contributed by atoms with E-state index in [1.54, 1.807) is 30.3 Å². The van der Waals surface area contributed by atoms with Crippen molar-refractivity contribution < 1.29 is 27.2 Å². The van der Waals surface area contributed by atoms with E-state index in [9.17, 15) is 22.8 Å². The first-order valence-corrected chi connectivity index (χ1v) is 10.6. The van der Waals surface area contributed by atoms with Crippen molar-refractivity contribution in [3.05, 3.63) is 53.6 Å². The molecule has 32 heavy (non-hydrogen) atoms. The SMILES string of the molecule is O=C1CC(C(F)(F)F)N(C(=O)CSc2nnc(-c3ccc(Cl)cc3)o2)c2ccccc2N1. The second-order valence-corrected chi connectivity index (χ2v) is 8.12. The summed E-state index contributed by atoms with van der Waals surface area (Å²) in [5.74, 6) is -1.91. The van der Waals surface area contributed by atoms with E-state index >= 15 is 0 Å². The van der Waals surface area contributed by atoms with E-state index in [1.807, 2.05) is 0 Å². The van der Waals surface area contributed by atoms with Gasteiger partial charge in [-0.3, -0.25) is 14.5 Å². The topological polar surface area (TPSA) is 88.3 Å². The van der Waals surface area contributed by atoms with Crippen LogP contribution in [0.2, 0.25) is 5.02 Å². The van der Waals surface area contributed by atoms with Crippen LogP contribution in [0.5, 0.6) is 0 Å². The lowest BCUT2D eigenvalue weighted by atomic mass is 10.1. The predicted octanol–water partition coefficient (Wildman–Crippen LogP) is 4.79. The normalized spacial score (nSPS) is 16.3. The average molecular weight is 483 g/mol. The van der Waals surface area contributed by atoms with Crippen molar-refractivity contribution in [3.63, 3.8) is 0 Å². The summed E-state index contributed by atoms with van der Waals surface area (Å²) in [6.45, 7) is 0. The number of alkyl halides is 3. The van der Waals surface area contributed by atoms with E-state index in [2.05, 4.69) is 15.5 Å². The standard InChI is InChI=1S/C20H14ClF3N4O3S/c21-12-7-5-11(6-8-12)18-26-27-19(31-18)32-10-17(30)28-14-4-2-1-3-13(14)25-16(29)9-15(28)20(22,23)24/h1-8,15H,9-10H2,(H,25,29). The zero-order chi connectivity index (χ0) is 22.9. The van der Waals surface area contributed by atoms with Crippen LogP contribution in [-0.4, -0.2) is 40.0 Å². The molecule has 2 amide bonds. The first kappa shape index (κ1) is 22.2. The molecular weight excluding hydrogens is 469 g/mol. The fourth-order valence-corrected chi connectivity index (χ4v) is 3.91. The monoisotopic (exact) mass is 482 g/mol. The molecule has 1 N–H and O–H groups in total. The smallest absolute Gasteiger partial charge is 0.409 e. The number of halogens is 4. The van der Waals surface area contributed by atoms with Crippen molar-refractivity contribution in [1.29, 1.82) is 0 Å². The van der Waals surface area contributed by atoms with Gasteiger partial charge in [-0.15, -0.1) is 10.2 Å². The fourth-order valence-electron chi connectivity index (χ4n) is 3.17. The predicted molar refractivity (Wildman–Crippen MR) is 112 cm³/mol. The van der Waals surface area contributed by atoms with E-state index in [0.29, 0.717) is 15.5 Å². The van der Waals surface area contributed by atoms with Crippen molar-refractivity contribution in [2.24, 2.45) is 0 Å². The number of nitrogens with zero attached hydrogens (tertiary/aromatic N) is 3. The van der Waals surface area contributed by atoms with E-state index in [4.69, 9.17) is 16.0 Å². The molecule has 0 saturated heterocycles. The van der Waals surface area contributed by atoms with Crippen molar-refractivity contribution >= 4 is 46.6 Å². The number of hydrogen-bond donors (Lipinski definition) is 1. The minimum Gasteiger partial charge on any atom is -0.411 e. The summed E-state index contributed by atoms with van der Waals surface area (Å²) >= 11 is 6.65. The minimum absolute atomic E-state index is 0.0177. The number of benzene rings is 2. The van der Waals surface area contributed by atoms with Crippen molar-refractivity contribution in [3.8, 4) is 11.5 Å². The number of amides is 2. The molecule has 1 aromatic heterocycles. The Kier molecular flexibility index (Phi) is 6.11. The fraction of sp³-hybridized carbons (Fsp3) is 0.200. The molecule has 4 rings (SSSR count). The highest BCUT2D eigenvalue weighted by molar-refractivity contribution is 7.99. The minimum atomic E-state index is -4.80. The molecule has 3 aromatic rings. The molecule has 2 heterocycles. The zero-order valence-electron chi connectivity index (χ0n) is 16.1. The van der Waals surface area contributed by atoms with Crippen LogP contribution < -0.4 is 10.2 Å². The van der Waals surface area contributed by atoms with Gasteiger partial charge in [0.2, 0.25) is 17.7 Å². The lowest BCUT2D eigenvalue weighted by Crippen LogP contribution is -2.50. The van der Waals surface area contributed by atoms with Gasteiger partial charge in [-0.2, -0.15) is 13.2 Å². The van der Waals surface area contributed by atoms with Crippen LogP contribution in [0.25, 0.3) is 11.5 Å². The van der Waals surface area contributed by atoms with Crippen LogP contribution in [0.4, 0.5) is 24.5 Å². The molecule has 0 fully saturated rings. The van der Waals surface area contributed by atoms with Crippen LogP contribution in [0.3, 0.4) is 0 Å². The van der Waals surface area contributed by atoms with Gasteiger partial charge < -0.3 is 9.73 Å². The third kappa shape index (κ3) is 4.73. The number of carbonyl (C=O) groups is 2. The number of para-hydroxylation sites is 2. The molecule has 1 atom stereocenters. The number of nitrogens with one attached hydrogen (secondary N) is 1. The number of anilines is 2. The molecular formula is C20H14ClF3N4O3S. The molecule has 1 aliphatic rings. The maximum absolute atomic E-state index is 13.8. The van der Waals surface area contributed by atoms with Crippen LogP contribution >= 0.6 is 23.4 Å². The maximum Gasteiger partial charge on any atom is 0.409 e. The second-order valence-electron chi connectivity index (χ2n) is 6.76. The van der Waals surface area contributed by atoms with Gasteiger partial charge >= 0.3 is 6.18 Å². The number of thioether (sulfide) groups is 1. The Bertz CT molecular complexity index is 1150. The molecule has 0 saturated carbocycles. The third-order valence-electron chi connectivity index (χ3n) is 4.59. The van der Waals surface area contributed by atoms with Crippen LogP contribution in [0, 0.1) is 0 Å². The van der Waals surface area contributed by atoms with E-state index < -0.39 is 36.2 Å². The summed E-state index contributed by atoms with van der Waals surface area (Å²) in [5.41, 5.74) is 0.701. The third-order valence-corrected chi connectivity index (χ3v) is 5.65. The number of hydrogen-bond acceptors (Lipinski definition) is 6. The molecule has 1 aliphatic heterocycles. The molecule has 1 unspecified atom stereocenters. The summed E-state index contributed by atoms with van der Waals surface area (Å²) in [6.07, 6.45) is -5.71. The first-order chi connectivity index (χ1) is 15.2. The van der Waals surface area contributed by atoms with Gasteiger partial charge in [0.1, 0.15) is 6.04 Å². The summed E-state index contributed by atoms with van der Waals surface area (Å²) in [6, 6.07) is 10.2. The number of fused-ring (bicyclic) bond motifs is 1. The highest BCUT2D eigenvalue weighted by atomic mass is 35.5. The number of carbonyl (C=O) groups excluding carboxylic acids is 2. The summed E-state index contributed by atoms with van der Waals surface area (Å²) < 4.78 is 46.7. The molecule has 7 nitrogen and oxygen atoms in total. The Morgan fingerprint density at radius 1 is 1.19 bits per heavy atom. The number of rotatable bonds is 4. The van der Waals surface area contributed by atoms with E-state index in [1.165, 1.54) is 18.2 Å². The largest absolute Gasteiger partial charge is 0.411 e. The van der Waals surface area contributed by atoms with Crippen LogP contribution in [0.15, 0.2) is 58.2 Å².